The summed E-state index contributed by atoms with van der Waals surface area (Å²) in [6.45, 7) is -0.576. The normalized spacial score (nSPS) is 25.0. The van der Waals surface area contributed by atoms with Crippen LogP contribution in [0.1, 0.15) is 42.5 Å². The molecular formula is C21H22ClF4N3O2. The van der Waals surface area contributed by atoms with Crippen LogP contribution in [0.15, 0.2) is 24.3 Å². The van der Waals surface area contributed by atoms with E-state index in [2.05, 4.69) is 10.3 Å². The molecule has 1 saturated carbocycles. The molecule has 0 spiro atoms. The number of hydrogen-bond donors (Lipinski definition) is 2. The smallest absolute Gasteiger partial charge is 0.266 e. The lowest BCUT2D eigenvalue weighted by atomic mass is 9.82. The molecule has 168 valence electrons. The number of amides is 1. The number of fused-ring (bicyclic) bond motifs is 1. The standard InChI is InChI=1S/C21H22ClF4N3O2/c22-14-3-4-15-13(2-5-16(28-15)29-9-8-21(25,26)12-29)17(14)18(30)27-11-19(31)6-1-7-20(23,24)10-19/h2-5,31H,1,6-12H2,(H,27,30)/t19-/m0/s1. The fourth-order valence-electron chi connectivity index (χ4n) is 4.32. The molecule has 2 N–H and O–H groups in total. The largest absolute Gasteiger partial charge is 0.388 e. The number of rotatable bonds is 4. The summed E-state index contributed by atoms with van der Waals surface area (Å²) in [5.41, 5.74) is -1.21. The number of halogens is 5. The average molecular weight is 460 g/mol. The lowest BCUT2D eigenvalue weighted by Gasteiger charge is -2.36. The van der Waals surface area contributed by atoms with Gasteiger partial charge in [-0.2, -0.15) is 0 Å². The molecule has 1 aliphatic heterocycles. The van der Waals surface area contributed by atoms with E-state index >= 15 is 0 Å². The van der Waals surface area contributed by atoms with Gasteiger partial charge in [-0.3, -0.25) is 4.79 Å². The number of carbonyl (C=O) groups excluding carboxylic acids is 1. The summed E-state index contributed by atoms with van der Waals surface area (Å²) >= 11 is 6.22. The van der Waals surface area contributed by atoms with Crippen LogP contribution in [0.3, 0.4) is 0 Å². The fourth-order valence-corrected chi connectivity index (χ4v) is 4.57. The van der Waals surface area contributed by atoms with Crippen molar-refractivity contribution in [1.82, 2.24) is 10.3 Å². The van der Waals surface area contributed by atoms with Crippen molar-refractivity contribution in [2.75, 3.05) is 24.5 Å². The number of carbonyl (C=O) groups is 1. The molecule has 2 aromatic rings. The Morgan fingerprint density at radius 2 is 1.90 bits per heavy atom. The molecule has 0 unspecified atom stereocenters. The lowest BCUT2D eigenvalue weighted by molar-refractivity contribution is -0.121. The first kappa shape index (κ1) is 22.1. The minimum atomic E-state index is -2.97. The molecule has 0 radical (unpaired) electrons. The predicted octanol–water partition coefficient (Wildman–Crippen LogP) is 4.40. The van der Waals surface area contributed by atoms with Gasteiger partial charge >= 0.3 is 0 Å². The van der Waals surface area contributed by atoms with Crippen LogP contribution in [0, 0.1) is 0 Å². The Kier molecular flexibility index (Phi) is 5.54. The number of hydrogen-bond acceptors (Lipinski definition) is 4. The summed E-state index contributed by atoms with van der Waals surface area (Å²) in [5, 5.41) is 13.5. The van der Waals surface area contributed by atoms with Crippen LogP contribution < -0.4 is 10.2 Å². The van der Waals surface area contributed by atoms with Gasteiger partial charge in [0.2, 0.25) is 0 Å². The van der Waals surface area contributed by atoms with Gasteiger partial charge in [-0.25, -0.2) is 22.5 Å². The van der Waals surface area contributed by atoms with Crippen LogP contribution in [0.25, 0.3) is 10.9 Å². The van der Waals surface area contributed by atoms with Gasteiger partial charge in [0, 0.05) is 37.7 Å². The fraction of sp³-hybridized carbons (Fsp3) is 0.524. The third-order valence-electron chi connectivity index (χ3n) is 5.88. The van der Waals surface area contributed by atoms with Crippen molar-refractivity contribution >= 4 is 34.2 Å². The third-order valence-corrected chi connectivity index (χ3v) is 6.19. The van der Waals surface area contributed by atoms with Gasteiger partial charge in [0.05, 0.1) is 28.2 Å². The summed E-state index contributed by atoms with van der Waals surface area (Å²) in [5.74, 6) is -5.99. The number of nitrogens with zero attached hydrogens (tertiary/aromatic N) is 2. The molecular weight excluding hydrogens is 438 g/mol. The van der Waals surface area contributed by atoms with E-state index in [0.717, 1.165) is 0 Å². The highest BCUT2D eigenvalue weighted by atomic mass is 35.5. The molecule has 1 aliphatic carbocycles. The third kappa shape index (κ3) is 4.72. The van der Waals surface area contributed by atoms with Gasteiger partial charge in [-0.1, -0.05) is 11.6 Å². The summed E-state index contributed by atoms with van der Waals surface area (Å²) in [6, 6.07) is 6.18. The topological polar surface area (TPSA) is 65.5 Å². The molecule has 10 heteroatoms. The highest BCUT2D eigenvalue weighted by Crippen LogP contribution is 2.39. The van der Waals surface area contributed by atoms with Gasteiger partial charge in [0.25, 0.3) is 17.8 Å². The molecule has 31 heavy (non-hydrogen) atoms. The van der Waals surface area contributed by atoms with E-state index in [1.165, 1.54) is 11.0 Å². The van der Waals surface area contributed by atoms with E-state index < -0.39 is 36.3 Å². The molecule has 5 nitrogen and oxygen atoms in total. The van der Waals surface area contributed by atoms with Crippen molar-refractivity contribution in [2.45, 2.75) is 49.6 Å². The van der Waals surface area contributed by atoms with Gasteiger partial charge in [-0.05, 0) is 37.1 Å². The first-order chi connectivity index (χ1) is 14.5. The molecule has 1 aromatic heterocycles. The van der Waals surface area contributed by atoms with Crippen LogP contribution in [0.4, 0.5) is 23.4 Å². The highest BCUT2D eigenvalue weighted by Gasteiger charge is 2.45. The van der Waals surface area contributed by atoms with Gasteiger partial charge in [0.1, 0.15) is 5.82 Å². The Hall–Kier alpha value is -2.13. The molecule has 2 heterocycles. The molecule has 1 amide bonds. The molecule has 0 bridgehead atoms. The number of alkyl halides is 4. The second-order valence-corrected chi connectivity index (χ2v) is 8.89. The number of aliphatic hydroxyl groups is 1. The van der Waals surface area contributed by atoms with E-state index in [4.69, 9.17) is 11.6 Å². The summed E-state index contributed by atoms with van der Waals surface area (Å²) in [7, 11) is 0. The van der Waals surface area contributed by atoms with Crippen molar-refractivity contribution in [3.8, 4) is 0 Å². The van der Waals surface area contributed by atoms with Gasteiger partial charge < -0.3 is 15.3 Å². The van der Waals surface area contributed by atoms with E-state index in [0.29, 0.717) is 16.7 Å². The van der Waals surface area contributed by atoms with Crippen LogP contribution in [-0.4, -0.2) is 53.1 Å². The van der Waals surface area contributed by atoms with Crippen LogP contribution in [0.2, 0.25) is 5.02 Å². The van der Waals surface area contributed by atoms with Gasteiger partial charge in [0.15, 0.2) is 0 Å². The number of anilines is 1. The number of aromatic nitrogens is 1. The van der Waals surface area contributed by atoms with Crippen molar-refractivity contribution < 1.29 is 27.5 Å². The van der Waals surface area contributed by atoms with Crippen molar-refractivity contribution in [3.05, 3.63) is 34.9 Å². The van der Waals surface area contributed by atoms with Crippen molar-refractivity contribution in [3.63, 3.8) is 0 Å². The zero-order valence-electron chi connectivity index (χ0n) is 16.6. The Morgan fingerprint density at radius 3 is 2.58 bits per heavy atom. The van der Waals surface area contributed by atoms with E-state index in [1.807, 2.05) is 0 Å². The van der Waals surface area contributed by atoms with Gasteiger partial charge in [-0.15, -0.1) is 0 Å². The molecule has 2 aliphatic rings. The maximum absolute atomic E-state index is 13.7. The van der Waals surface area contributed by atoms with E-state index in [9.17, 15) is 27.5 Å². The number of nitrogens with one attached hydrogen (secondary N) is 1. The van der Waals surface area contributed by atoms with Crippen LogP contribution >= 0.6 is 11.6 Å². The quantitative estimate of drug-likeness (QED) is 0.665. The molecule has 2 fully saturated rings. The van der Waals surface area contributed by atoms with Crippen LogP contribution in [-0.2, 0) is 0 Å². The molecule has 1 atom stereocenters. The minimum absolute atomic E-state index is 0.0936. The monoisotopic (exact) mass is 459 g/mol. The molecule has 1 saturated heterocycles. The van der Waals surface area contributed by atoms with Crippen molar-refractivity contribution in [1.29, 1.82) is 0 Å². The SMILES string of the molecule is O=C(NC[C@]1(O)CCCC(F)(F)C1)c1c(Cl)ccc2nc(N3CCC(F)(F)C3)ccc12. The summed E-state index contributed by atoms with van der Waals surface area (Å²) in [6.07, 6.45) is -0.915. The summed E-state index contributed by atoms with van der Waals surface area (Å²) in [4.78, 5) is 18.7. The molecule has 1 aromatic carbocycles. The maximum atomic E-state index is 13.7. The molecule has 4 rings (SSSR count). The van der Waals surface area contributed by atoms with E-state index in [-0.39, 0.29) is 49.4 Å². The maximum Gasteiger partial charge on any atom is 0.266 e. The average Bonchev–Trinajstić information content (AvgIpc) is 3.04. The Balaban J connectivity index is 1.55. The number of benzene rings is 1. The summed E-state index contributed by atoms with van der Waals surface area (Å²) < 4.78 is 54.4. The number of pyridine rings is 1. The minimum Gasteiger partial charge on any atom is -0.388 e. The zero-order valence-corrected chi connectivity index (χ0v) is 17.4. The first-order valence-corrected chi connectivity index (χ1v) is 10.5. The lowest BCUT2D eigenvalue weighted by Crippen LogP contribution is -2.49. The Bertz CT molecular complexity index is 1020. The van der Waals surface area contributed by atoms with Crippen LogP contribution in [0.5, 0.6) is 0 Å². The Morgan fingerprint density at radius 1 is 1.13 bits per heavy atom. The second kappa shape index (κ2) is 7.78. The highest BCUT2D eigenvalue weighted by molar-refractivity contribution is 6.35. The first-order valence-electron chi connectivity index (χ1n) is 10.1. The predicted molar refractivity (Wildman–Crippen MR) is 109 cm³/mol. The van der Waals surface area contributed by atoms with Crippen molar-refractivity contribution in [2.24, 2.45) is 0 Å². The van der Waals surface area contributed by atoms with E-state index in [1.54, 1.807) is 18.2 Å². The Labute approximate surface area is 181 Å². The second-order valence-electron chi connectivity index (χ2n) is 8.48. The zero-order chi connectivity index (χ0) is 22.4.